The summed E-state index contributed by atoms with van der Waals surface area (Å²) in [6, 6.07) is 11.7. The van der Waals surface area contributed by atoms with Gasteiger partial charge >= 0.3 is 0 Å². The van der Waals surface area contributed by atoms with Gasteiger partial charge in [0.1, 0.15) is 17.6 Å². The van der Waals surface area contributed by atoms with Crippen molar-refractivity contribution in [1.29, 1.82) is 5.26 Å². The van der Waals surface area contributed by atoms with Crippen LogP contribution in [0.3, 0.4) is 0 Å². The number of anilines is 1. The number of primary sulfonamides is 1. The van der Waals surface area contributed by atoms with E-state index in [1.54, 1.807) is 24.3 Å². The Morgan fingerprint density at radius 1 is 1.24 bits per heavy atom. The molecule has 0 aliphatic heterocycles. The van der Waals surface area contributed by atoms with Gasteiger partial charge in [0.05, 0.1) is 6.54 Å². The maximum absolute atomic E-state index is 11.1. The van der Waals surface area contributed by atoms with Gasteiger partial charge in [0.2, 0.25) is 5.09 Å². The largest absolute Gasteiger partial charge is 0.479 e. The van der Waals surface area contributed by atoms with Crippen molar-refractivity contribution in [1.82, 2.24) is 0 Å². The lowest BCUT2D eigenvalue weighted by Crippen LogP contribution is -2.10. The van der Waals surface area contributed by atoms with Gasteiger partial charge in [-0.3, -0.25) is 0 Å². The third-order valence-electron chi connectivity index (χ3n) is 2.54. The van der Waals surface area contributed by atoms with E-state index in [1.807, 2.05) is 6.07 Å². The number of nitrogens with one attached hydrogen (secondary N) is 1. The SMILES string of the molecule is N#CCOc1ccc(NCc2ccc(S(N)(=O)=O)o2)cc1. The molecule has 0 saturated heterocycles. The van der Waals surface area contributed by atoms with E-state index in [-0.39, 0.29) is 11.7 Å². The Labute approximate surface area is 122 Å². The average molecular weight is 307 g/mol. The summed E-state index contributed by atoms with van der Waals surface area (Å²) in [5.41, 5.74) is 0.799. The molecule has 1 aromatic heterocycles. The second-order valence-electron chi connectivity index (χ2n) is 4.09. The number of rotatable bonds is 6. The van der Waals surface area contributed by atoms with Crippen LogP contribution in [-0.2, 0) is 16.6 Å². The molecule has 0 radical (unpaired) electrons. The molecule has 0 spiro atoms. The standard InChI is InChI=1S/C13H13N3O4S/c14-7-8-19-11-3-1-10(2-4-11)16-9-12-5-6-13(20-12)21(15,17)18/h1-6,16H,8-9H2,(H2,15,17,18). The van der Waals surface area contributed by atoms with E-state index in [0.29, 0.717) is 18.1 Å². The Hall–Kier alpha value is -2.50. The maximum Gasteiger partial charge on any atom is 0.271 e. The van der Waals surface area contributed by atoms with Crippen molar-refractivity contribution >= 4 is 15.7 Å². The van der Waals surface area contributed by atoms with E-state index in [0.717, 1.165) is 5.69 Å². The second-order valence-corrected chi connectivity index (χ2v) is 5.58. The highest BCUT2D eigenvalue weighted by atomic mass is 32.2. The minimum Gasteiger partial charge on any atom is -0.479 e. The van der Waals surface area contributed by atoms with Gasteiger partial charge in [-0.1, -0.05) is 0 Å². The first-order valence-corrected chi connectivity index (χ1v) is 7.49. The van der Waals surface area contributed by atoms with Crippen molar-refractivity contribution in [3.05, 3.63) is 42.2 Å². The van der Waals surface area contributed by atoms with Gasteiger partial charge in [0.15, 0.2) is 6.61 Å². The molecule has 2 rings (SSSR count). The molecular formula is C13H13N3O4S. The van der Waals surface area contributed by atoms with Crippen LogP contribution < -0.4 is 15.2 Å². The van der Waals surface area contributed by atoms with Crippen molar-refractivity contribution in [2.45, 2.75) is 11.6 Å². The lowest BCUT2D eigenvalue weighted by molar-refractivity contribution is 0.368. The maximum atomic E-state index is 11.1. The van der Waals surface area contributed by atoms with Crippen molar-refractivity contribution in [2.24, 2.45) is 5.14 Å². The molecule has 0 atom stereocenters. The first-order chi connectivity index (χ1) is 9.99. The summed E-state index contributed by atoms with van der Waals surface area (Å²) in [5.74, 6) is 1.04. The molecule has 1 heterocycles. The zero-order valence-electron chi connectivity index (χ0n) is 10.9. The third kappa shape index (κ3) is 4.24. The zero-order chi connectivity index (χ0) is 15.3. The molecule has 1 aromatic carbocycles. The summed E-state index contributed by atoms with van der Waals surface area (Å²) >= 11 is 0. The summed E-state index contributed by atoms with van der Waals surface area (Å²) in [7, 11) is -3.82. The number of hydrogen-bond donors (Lipinski definition) is 2. The van der Waals surface area contributed by atoms with Gasteiger partial charge in [-0.15, -0.1) is 0 Å². The fourth-order valence-electron chi connectivity index (χ4n) is 1.58. The van der Waals surface area contributed by atoms with Crippen LogP contribution in [0.4, 0.5) is 5.69 Å². The molecule has 0 saturated carbocycles. The van der Waals surface area contributed by atoms with Gasteiger partial charge < -0.3 is 14.5 Å². The number of benzene rings is 1. The van der Waals surface area contributed by atoms with E-state index in [2.05, 4.69) is 5.32 Å². The smallest absolute Gasteiger partial charge is 0.271 e. The average Bonchev–Trinajstić information content (AvgIpc) is 2.93. The molecule has 8 heteroatoms. The summed E-state index contributed by atoms with van der Waals surface area (Å²) in [4.78, 5) is 0. The first-order valence-electron chi connectivity index (χ1n) is 5.94. The first kappa shape index (κ1) is 14.9. The molecule has 0 fully saturated rings. The van der Waals surface area contributed by atoms with Gasteiger partial charge in [-0.2, -0.15) is 5.26 Å². The summed E-state index contributed by atoms with van der Waals surface area (Å²) in [6.07, 6.45) is 0. The van der Waals surface area contributed by atoms with Gasteiger partial charge in [-0.25, -0.2) is 13.6 Å². The lowest BCUT2D eigenvalue weighted by atomic mass is 10.3. The highest BCUT2D eigenvalue weighted by molar-refractivity contribution is 7.89. The van der Waals surface area contributed by atoms with Crippen LogP contribution in [-0.4, -0.2) is 15.0 Å². The Kier molecular flexibility index (Phi) is 4.47. The fourth-order valence-corrected chi connectivity index (χ4v) is 2.06. The number of ether oxygens (including phenoxy) is 1. The van der Waals surface area contributed by atoms with Crippen molar-refractivity contribution in [3.63, 3.8) is 0 Å². The van der Waals surface area contributed by atoms with Crippen LogP contribution in [0.1, 0.15) is 5.76 Å². The number of hydrogen-bond acceptors (Lipinski definition) is 6. The molecule has 3 N–H and O–H groups in total. The summed E-state index contributed by atoms with van der Waals surface area (Å²) < 4.78 is 32.4. The number of sulfonamides is 1. The number of nitrogens with zero attached hydrogens (tertiary/aromatic N) is 1. The Bertz CT molecular complexity index is 744. The van der Waals surface area contributed by atoms with E-state index in [4.69, 9.17) is 19.6 Å². The molecule has 21 heavy (non-hydrogen) atoms. The number of nitriles is 1. The van der Waals surface area contributed by atoms with E-state index < -0.39 is 10.0 Å². The third-order valence-corrected chi connectivity index (χ3v) is 3.32. The molecule has 0 aliphatic rings. The molecule has 0 aliphatic carbocycles. The molecule has 0 bridgehead atoms. The van der Waals surface area contributed by atoms with Crippen LogP contribution in [0.15, 0.2) is 45.9 Å². The second kappa shape index (κ2) is 6.30. The number of furan rings is 1. The molecule has 7 nitrogen and oxygen atoms in total. The van der Waals surface area contributed by atoms with Gasteiger partial charge in [-0.05, 0) is 36.4 Å². The van der Waals surface area contributed by atoms with E-state index in [1.165, 1.54) is 12.1 Å². The minimum absolute atomic E-state index is 0.00445. The molecular weight excluding hydrogens is 294 g/mol. The molecule has 0 unspecified atom stereocenters. The van der Waals surface area contributed by atoms with Crippen molar-refractivity contribution in [2.75, 3.05) is 11.9 Å². The normalized spacial score (nSPS) is 10.9. The van der Waals surface area contributed by atoms with E-state index >= 15 is 0 Å². The molecule has 2 aromatic rings. The Morgan fingerprint density at radius 2 is 1.95 bits per heavy atom. The monoisotopic (exact) mass is 307 g/mol. The van der Waals surface area contributed by atoms with Crippen molar-refractivity contribution < 1.29 is 17.6 Å². The van der Waals surface area contributed by atoms with Crippen LogP contribution in [0.25, 0.3) is 0 Å². The highest BCUT2D eigenvalue weighted by Gasteiger charge is 2.12. The highest BCUT2D eigenvalue weighted by Crippen LogP contribution is 2.17. The summed E-state index contributed by atoms with van der Waals surface area (Å²) in [6.45, 7) is 0.309. The molecule has 0 amide bonds. The Balaban J connectivity index is 1.94. The topological polar surface area (TPSA) is 118 Å². The zero-order valence-corrected chi connectivity index (χ0v) is 11.8. The van der Waals surface area contributed by atoms with E-state index in [9.17, 15) is 8.42 Å². The van der Waals surface area contributed by atoms with Crippen molar-refractivity contribution in [3.8, 4) is 11.8 Å². The van der Waals surface area contributed by atoms with Gasteiger partial charge in [0.25, 0.3) is 10.0 Å². The van der Waals surface area contributed by atoms with Crippen LogP contribution in [0, 0.1) is 11.3 Å². The minimum atomic E-state index is -3.82. The predicted octanol–water partition coefficient (Wildman–Crippen LogP) is 1.44. The van der Waals surface area contributed by atoms with Crippen LogP contribution >= 0.6 is 0 Å². The van der Waals surface area contributed by atoms with Gasteiger partial charge in [0, 0.05) is 5.69 Å². The lowest BCUT2D eigenvalue weighted by Gasteiger charge is -2.06. The quantitative estimate of drug-likeness (QED) is 0.833. The number of nitrogens with two attached hydrogens (primary N) is 1. The van der Waals surface area contributed by atoms with Crippen LogP contribution in [0.5, 0.6) is 5.75 Å². The van der Waals surface area contributed by atoms with Crippen LogP contribution in [0.2, 0.25) is 0 Å². The summed E-state index contributed by atoms with van der Waals surface area (Å²) in [5, 5.41) is 16.2. The predicted molar refractivity (Wildman–Crippen MR) is 75.0 cm³/mol. The molecule has 110 valence electrons. The fraction of sp³-hybridized carbons (Fsp3) is 0.154. The Morgan fingerprint density at radius 3 is 2.52 bits per heavy atom.